The molecule has 0 aliphatic rings. The van der Waals surface area contributed by atoms with Crippen LogP contribution in [0.15, 0.2) is 60.7 Å². The lowest BCUT2D eigenvalue weighted by Gasteiger charge is -2.43. The van der Waals surface area contributed by atoms with Crippen molar-refractivity contribution >= 4 is 25.0 Å². The van der Waals surface area contributed by atoms with E-state index >= 15 is 0 Å². The average molecular weight is 341 g/mol. The van der Waals surface area contributed by atoms with Gasteiger partial charge in [0.05, 0.1) is 0 Å². The SMILES string of the molecule is C[C@@H](C=O)CCO[Si](c1ccccc1)(c1ccccc1)C(C)(C)C. The molecule has 0 aliphatic carbocycles. The van der Waals surface area contributed by atoms with E-state index < -0.39 is 8.32 Å². The summed E-state index contributed by atoms with van der Waals surface area (Å²) in [5.74, 6) is 0.0308. The first kappa shape index (κ1) is 18.6. The third-order valence-corrected chi connectivity index (χ3v) is 9.58. The van der Waals surface area contributed by atoms with Crippen LogP contribution >= 0.6 is 0 Å². The van der Waals surface area contributed by atoms with Crippen molar-refractivity contribution in [2.45, 2.75) is 39.2 Å². The molecule has 128 valence electrons. The minimum Gasteiger partial charge on any atom is -0.407 e. The molecular formula is C21H28O2Si. The van der Waals surface area contributed by atoms with Gasteiger partial charge in [-0.15, -0.1) is 0 Å². The van der Waals surface area contributed by atoms with E-state index in [2.05, 4.69) is 69.3 Å². The Morgan fingerprint density at radius 1 is 0.958 bits per heavy atom. The summed E-state index contributed by atoms with van der Waals surface area (Å²) in [7, 11) is -2.44. The van der Waals surface area contributed by atoms with Gasteiger partial charge in [0.2, 0.25) is 0 Å². The van der Waals surface area contributed by atoms with E-state index in [1.54, 1.807) is 0 Å². The molecule has 2 aromatic carbocycles. The topological polar surface area (TPSA) is 26.3 Å². The highest BCUT2D eigenvalue weighted by Crippen LogP contribution is 2.36. The van der Waals surface area contributed by atoms with Gasteiger partial charge in [-0.3, -0.25) is 0 Å². The molecule has 0 radical (unpaired) electrons. The molecule has 0 fully saturated rings. The molecule has 0 heterocycles. The molecule has 2 rings (SSSR count). The molecule has 0 saturated carbocycles. The quantitative estimate of drug-likeness (QED) is 0.566. The van der Waals surface area contributed by atoms with E-state index in [9.17, 15) is 4.79 Å². The summed E-state index contributed by atoms with van der Waals surface area (Å²) in [4.78, 5) is 11.0. The van der Waals surface area contributed by atoms with Crippen LogP contribution in [0.3, 0.4) is 0 Å². The van der Waals surface area contributed by atoms with Crippen LogP contribution in [0, 0.1) is 5.92 Å². The first-order chi connectivity index (χ1) is 11.4. The molecule has 3 heteroatoms. The van der Waals surface area contributed by atoms with Crippen molar-refractivity contribution in [1.82, 2.24) is 0 Å². The van der Waals surface area contributed by atoms with Crippen molar-refractivity contribution in [3.63, 3.8) is 0 Å². The highest BCUT2D eigenvalue weighted by atomic mass is 28.4. The van der Waals surface area contributed by atoms with E-state index in [-0.39, 0.29) is 11.0 Å². The Labute approximate surface area is 147 Å². The predicted molar refractivity (Wildman–Crippen MR) is 103 cm³/mol. The zero-order valence-electron chi connectivity index (χ0n) is 15.2. The van der Waals surface area contributed by atoms with Crippen molar-refractivity contribution in [2.24, 2.45) is 5.92 Å². The Morgan fingerprint density at radius 2 is 1.42 bits per heavy atom. The zero-order chi connectivity index (χ0) is 17.6. The Balaban J connectivity index is 2.51. The van der Waals surface area contributed by atoms with Gasteiger partial charge in [0.1, 0.15) is 6.29 Å². The summed E-state index contributed by atoms with van der Waals surface area (Å²) in [6.45, 7) is 9.35. The maximum absolute atomic E-state index is 11.0. The largest absolute Gasteiger partial charge is 0.407 e. The maximum Gasteiger partial charge on any atom is 0.261 e. The maximum atomic E-state index is 11.0. The average Bonchev–Trinajstić information content (AvgIpc) is 2.59. The van der Waals surface area contributed by atoms with Gasteiger partial charge in [-0.1, -0.05) is 88.4 Å². The summed E-state index contributed by atoms with van der Waals surface area (Å²) in [6.07, 6.45) is 1.77. The first-order valence-electron chi connectivity index (χ1n) is 8.62. The highest BCUT2D eigenvalue weighted by Gasteiger charge is 2.49. The van der Waals surface area contributed by atoms with Gasteiger partial charge < -0.3 is 9.22 Å². The first-order valence-corrected chi connectivity index (χ1v) is 10.5. The van der Waals surface area contributed by atoms with Crippen molar-refractivity contribution in [2.75, 3.05) is 6.61 Å². The van der Waals surface area contributed by atoms with Gasteiger partial charge in [0.25, 0.3) is 8.32 Å². The van der Waals surface area contributed by atoms with Gasteiger partial charge in [-0.25, -0.2) is 0 Å². The van der Waals surface area contributed by atoms with Crippen LogP contribution in [-0.2, 0) is 9.22 Å². The lowest BCUT2D eigenvalue weighted by atomic mass is 10.1. The minimum atomic E-state index is -2.44. The lowest BCUT2D eigenvalue weighted by molar-refractivity contribution is -0.111. The third-order valence-electron chi connectivity index (χ3n) is 4.54. The zero-order valence-corrected chi connectivity index (χ0v) is 16.2. The summed E-state index contributed by atoms with van der Waals surface area (Å²) in [5.41, 5.74) is 0. The number of carbonyl (C=O) groups excluding carboxylic acids is 1. The van der Waals surface area contributed by atoms with Crippen molar-refractivity contribution < 1.29 is 9.22 Å². The Morgan fingerprint density at radius 3 is 1.79 bits per heavy atom. The Kier molecular flexibility index (Phi) is 6.14. The fourth-order valence-corrected chi connectivity index (χ4v) is 7.81. The van der Waals surface area contributed by atoms with Crippen LogP contribution in [0.5, 0.6) is 0 Å². The molecule has 0 bridgehead atoms. The van der Waals surface area contributed by atoms with Crippen LogP contribution in [0.25, 0.3) is 0 Å². The number of hydrogen-bond acceptors (Lipinski definition) is 2. The van der Waals surface area contributed by atoms with Gasteiger partial charge in [-0.05, 0) is 21.8 Å². The molecule has 0 saturated heterocycles. The van der Waals surface area contributed by atoms with Gasteiger partial charge in [0.15, 0.2) is 0 Å². The smallest absolute Gasteiger partial charge is 0.261 e. The normalized spacial score (nSPS) is 13.5. The summed E-state index contributed by atoms with van der Waals surface area (Å²) < 4.78 is 6.72. The summed E-state index contributed by atoms with van der Waals surface area (Å²) >= 11 is 0. The molecule has 1 atom stereocenters. The lowest BCUT2D eigenvalue weighted by Crippen LogP contribution is -2.66. The minimum absolute atomic E-state index is 0.0138. The summed E-state index contributed by atoms with van der Waals surface area (Å²) in [6, 6.07) is 21.2. The van der Waals surface area contributed by atoms with E-state index in [0.29, 0.717) is 6.61 Å². The van der Waals surface area contributed by atoms with Crippen LogP contribution in [0.1, 0.15) is 34.1 Å². The second kappa shape index (κ2) is 7.91. The van der Waals surface area contributed by atoms with Gasteiger partial charge >= 0.3 is 0 Å². The molecule has 0 N–H and O–H groups in total. The fraction of sp³-hybridized carbons (Fsp3) is 0.381. The standard InChI is InChI=1S/C21H28O2Si/c1-18(17-22)15-16-23-24(21(2,3)4,19-11-7-5-8-12-19)20-13-9-6-10-14-20/h5-14,17-18H,15-16H2,1-4H3/t18-/m1/s1. The van der Waals surface area contributed by atoms with E-state index in [4.69, 9.17) is 4.43 Å². The molecule has 0 spiro atoms. The molecule has 0 amide bonds. The number of benzene rings is 2. The van der Waals surface area contributed by atoms with E-state index in [1.165, 1.54) is 10.4 Å². The van der Waals surface area contributed by atoms with E-state index in [1.807, 2.05) is 19.1 Å². The van der Waals surface area contributed by atoms with Crippen LogP contribution in [0.4, 0.5) is 0 Å². The van der Waals surface area contributed by atoms with E-state index in [0.717, 1.165) is 12.7 Å². The van der Waals surface area contributed by atoms with Gasteiger partial charge in [-0.2, -0.15) is 0 Å². The second-order valence-electron chi connectivity index (χ2n) is 7.41. The van der Waals surface area contributed by atoms with Crippen molar-refractivity contribution in [3.8, 4) is 0 Å². The summed E-state index contributed by atoms with van der Waals surface area (Å²) in [5, 5.41) is 2.55. The molecule has 0 aliphatic heterocycles. The third kappa shape index (κ3) is 3.85. The predicted octanol–water partition coefficient (Wildman–Crippen LogP) is 3.79. The molecule has 2 aromatic rings. The fourth-order valence-electron chi connectivity index (χ4n) is 3.23. The number of rotatable bonds is 7. The number of carbonyl (C=O) groups is 1. The highest BCUT2D eigenvalue weighted by molar-refractivity contribution is 6.99. The molecule has 24 heavy (non-hydrogen) atoms. The Hall–Kier alpha value is -1.71. The van der Waals surface area contributed by atoms with Crippen molar-refractivity contribution in [1.29, 1.82) is 0 Å². The number of hydrogen-bond donors (Lipinski definition) is 0. The number of aldehydes is 1. The molecular weight excluding hydrogens is 312 g/mol. The van der Waals surface area contributed by atoms with Crippen LogP contribution < -0.4 is 10.4 Å². The molecule has 0 aromatic heterocycles. The molecule has 2 nitrogen and oxygen atoms in total. The Bertz CT molecular complexity index is 592. The molecule has 0 unspecified atom stereocenters. The van der Waals surface area contributed by atoms with Crippen molar-refractivity contribution in [3.05, 3.63) is 60.7 Å². The second-order valence-corrected chi connectivity index (χ2v) is 11.7. The van der Waals surface area contributed by atoms with Crippen LogP contribution in [-0.4, -0.2) is 21.2 Å². The van der Waals surface area contributed by atoms with Gasteiger partial charge in [0, 0.05) is 12.5 Å². The van der Waals surface area contributed by atoms with Crippen LogP contribution in [0.2, 0.25) is 5.04 Å². The monoisotopic (exact) mass is 340 g/mol.